The number of aromatic nitrogens is 1. The molecule has 2 heterocycles. The minimum absolute atomic E-state index is 0.310. The first-order chi connectivity index (χ1) is 10.8. The average molecular weight is 352 g/mol. The van der Waals surface area contributed by atoms with Gasteiger partial charge in [0.2, 0.25) is 0 Å². The van der Waals surface area contributed by atoms with E-state index in [9.17, 15) is 9.90 Å². The van der Waals surface area contributed by atoms with E-state index < -0.39 is 11.7 Å². The highest BCUT2D eigenvalue weighted by Gasteiger charge is 2.38. The van der Waals surface area contributed by atoms with Crippen molar-refractivity contribution in [2.75, 3.05) is 11.6 Å². The van der Waals surface area contributed by atoms with Gasteiger partial charge in [-0.1, -0.05) is 12.1 Å². The third kappa shape index (κ3) is 3.62. The Morgan fingerprint density at radius 1 is 1.43 bits per heavy atom. The molecule has 2 atom stereocenters. The average Bonchev–Trinajstić information content (AvgIpc) is 3.11. The van der Waals surface area contributed by atoms with Gasteiger partial charge in [-0.05, 0) is 32.9 Å². The first kappa shape index (κ1) is 16.5. The van der Waals surface area contributed by atoms with Crippen LogP contribution >= 0.6 is 23.1 Å². The second-order valence-electron chi connectivity index (χ2n) is 6.48. The largest absolute Gasteiger partial charge is 0.444 e. The number of aliphatic hydroxyl groups is 1. The Kier molecular flexibility index (Phi) is 4.53. The van der Waals surface area contributed by atoms with Crippen LogP contribution in [0.2, 0.25) is 0 Å². The van der Waals surface area contributed by atoms with Crippen LogP contribution in [0.15, 0.2) is 24.3 Å². The third-order valence-corrected chi connectivity index (χ3v) is 5.62. The van der Waals surface area contributed by atoms with Crippen LogP contribution in [0.3, 0.4) is 0 Å². The molecule has 1 aromatic carbocycles. The Hall–Kier alpha value is -1.31. The summed E-state index contributed by atoms with van der Waals surface area (Å²) in [4.78, 5) is 18.5. The normalized spacial score (nSPS) is 20.0. The first-order valence-corrected chi connectivity index (χ1v) is 9.43. The Morgan fingerprint density at radius 3 is 2.87 bits per heavy atom. The van der Waals surface area contributed by atoms with E-state index in [-0.39, 0.29) is 12.1 Å². The maximum atomic E-state index is 12.3. The van der Waals surface area contributed by atoms with Crippen molar-refractivity contribution in [3.63, 3.8) is 0 Å². The molecule has 1 aromatic heterocycles. The number of aliphatic hydroxyl groups excluding tert-OH is 1. The summed E-state index contributed by atoms with van der Waals surface area (Å²) in [7, 11) is 0. The van der Waals surface area contributed by atoms with E-state index in [1.807, 2.05) is 45.0 Å². The van der Waals surface area contributed by atoms with Crippen LogP contribution in [0.5, 0.6) is 0 Å². The molecule has 3 rings (SSSR count). The van der Waals surface area contributed by atoms with Gasteiger partial charge in [-0.2, -0.15) is 0 Å². The number of amides is 1. The smallest absolute Gasteiger partial charge is 0.411 e. The first-order valence-electron chi connectivity index (χ1n) is 7.46. The van der Waals surface area contributed by atoms with Crippen molar-refractivity contribution < 1.29 is 14.6 Å². The molecule has 0 bridgehead atoms. The summed E-state index contributed by atoms with van der Waals surface area (Å²) >= 11 is 3.09. The topological polar surface area (TPSA) is 62.7 Å². The minimum Gasteiger partial charge on any atom is -0.444 e. The van der Waals surface area contributed by atoms with Crippen molar-refractivity contribution in [2.24, 2.45) is 0 Å². The number of para-hydroxylation sites is 1. The fourth-order valence-corrected chi connectivity index (χ4v) is 4.62. The SMILES string of the molecule is CC(C)(C)OC(=O)N1CSC[C@H]1C(O)c1nc2ccccc2s1. The van der Waals surface area contributed by atoms with Gasteiger partial charge in [-0.15, -0.1) is 23.1 Å². The number of fused-ring (bicyclic) bond motifs is 1. The zero-order chi connectivity index (χ0) is 16.6. The molecule has 1 unspecified atom stereocenters. The molecule has 1 fully saturated rings. The second kappa shape index (κ2) is 6.30. The molecule has 23 heavy (non-hydrogen) atoms. The fraction of sp³-hybridized carbons (Fsp3) is 0.500. The van der Waals surface area contributed by atoms with Gasteiger partial charge in [0.05, 0.1) is 22.1 Å². The molecule has 1 saturated heterocycles. The van der Waals surface area contributed by atoms with Gasteiger partial charge < -0.3 is 9.84 Å². The zero-order valence-corrected chi connectivity index (χ0v) is 15.0. The number of benzene rings is 1. The van der Waals surface area contributed by atoms with Crippen LogP contribution in [-0.2, 0) is 4.74 Å². The molecule has 2 aromatic rings. The van der Waals surface area contributed by atoms with Crippen LogP contribution < -0.4 is 0 Å². The van der Waals surface area contributed by atoms with E-state index in [0.29, 0.717) is 16.6 Å². The molecule has 1 aliphatic heterocycles. The summed E-state index contributed by atoms with van der Waals surface area (Å²) in [5.74, 6) is 1.21. The Balaban J connectivity index is 1.80. The lowest BCUT2D eigenvalue weighted by Crippen LogP contribution is -2.43. The quantitative estimate of drug-likeness (QED) is 0.894. The van der Waals surface area contributed by atoms with Gasteiger partial charge in [0.15, 0.2) is 0 Å². The molecular weight excluding hydrogens is 332 g/mol. The molecule has 0 spiro atoms. The Morgan fingerprint density at radius 2 is 2.17 bits per heavy atom. The number of ether oxygens (including phenoxy) is 1. The molecule has 0 aliphatic carbocycles. The van der Waals surface area contributed by atoms with Crippen molar-refractivity contribution in [3.05, 3.63) is 29.3 Å². The summed E-state index contributed by atoms with van der Waals surface area (Å²) in [6.45, 7) is 5.52. The molecule has 1 N–H and O–H groups in total. The summed E-state index contributed by atoms with van der Waals surface area (Å²) in [5, 5.41) is 11.4. The number of carbonyl (C=O) groups is 1. The standard InChI is InChI=1S/C16H20N2O3S2/c1-16(2,3)21-15(20)18-9-22-8-11(18)13(19)14-17-10-6-4-5-7-12(10)23-14/h4-7,11,13,19H,8-9H2,1-3H3/t11-,13?/m0/s1. The lowest BCUT2D eigenvalue weighted by Gasteiger charge is -2.29. The number of carbonyl (C=O) groups excluding carboxylic acids is 1. The molecule has 124 valence electrons. The summed E-state index contributed by atoms with van der Waals surface area (Å²) < 4.78 is 6.48. The summed E-state index contributed by atoms with van der Waals surface area (Å²) in [6.07, 6.45) is -1.18. The van der Waals surface area contributed by atoms with E-state index >= 15 is 0 Å². The number of nitrogens with zero attached hydrogens (tertiary/aromatic N) is 2. The van der Waals surface area contributed by atoms with E-state index in [1.54, 1.807) is 16.7 Å². The van der Waals surface area contributed by atoms with Gasteiger partial charge >= 0.3 is 6.09 Å². The maximum Gasteiger partial charge on any atom is 0.411 e. The Labute approximate surface area is 143 Å². The van der Waals surface area contributed by atoms with E-state index in [4.69, 9.17) is 4.74 Å². The highest BCUT2D eigenvalue weighted by molar-refractivity contribution is 7.99. The van der Waals surface area contributed by atoms with Crippen molar-refractivity contribution in [3.8, 4) is 0 Å². The van der Waals surface area contributed by atoms with Crippen LogP contribution in [0, 0.1) is 0 Å². The molecule has 0 saturated carbocycles. The number of rotatable bonds is 2. The van der Waals surface area contributed by atoms with Crippen molar-refractivity contribution in [1.29, 1.82) is 0 Å². The molecule has 1 aliphatic rings. The second-order valence-corrected chi connectivity index (χ2v) is 8.54. The Bertz CT molecular complexity index is 678. The summed E-state index contributed by atoms with van der Waals surface area (Å²) in [6, 6.07) is 7.48. The van der Waals surface area contributed by atoms with Crippen molar-refractivity contribution in [2.45, 2.75) is 38.5 Å². The van der Waals surface area contributed by atoms with E-state index in [0.717, 1.165) is 10.2 Å². The predicted molar refractivity (Wildman–Crippen MR) is 93.8 cm³/mol. The van der Waals surface area contributed by atoms with E-state index in [1.165, 1.54) is 11.3 Å². The minimum atomic E-state index is -0.796. The van der Waals surface area contributed by atoms with Gasteiger partial charge in [-0.3, -0.25) is 4.90 Å². The number of hydrogen-bond donors (Lipinski definition) is 1. The van der Waals surface area contributed by atoms with Gasteiger partial charge in [0.25, 0.3) is 0 Å². The molecule has 1 amide bonds. The van der Waals surface area contributed by atoms with Gasteiger partial charge in [0.1, 0.15) is 16.7 Å². The third-order valence-electron chi connectivity index (χ3n) is 3.48. The highest BCUT2D eigenvalue weighted by atomic mass is 32.2. The number of hydrogen-bond acceptors (Lipinski definition) is 6. The zero-order valence-electron chi connectivity index (χ0n) is 13.4. The maximum absolute atomic E-state index is 12.3. The molecule has 7 heteroatoms. The molecule has 0 radical (unpaired) electrons. The summed E-state index contributed by atoms with van der Waals surface area (Å²) in [5.41, 5.74) is 0.330. The van der Waals surface area contributed by atoms with Crippen molar-refractivity contribution in [1.82, 2.24) is 9.88 Å². The lowest BCUT2D eigenvalue weighted by molar-refractivity contribution is 0.00689. The highest BCUT2D eigenvalue weighted by Crippen LogP contribution is 2.35. The van der Waals surface area contributed by atoms with Crippen LogP contribution in [0.4, 0.5) is 4.79 Å². The predicted octanol–water partition coefficient (Wildman–Crippen LogP) is 3.64. The van der Waals surface area contributed by atoms with Gasteiger partial charge in [-0.25, -0.2) is 9.78 Å². The number of thiazole rings is 1. The van der Waals surface area contributed by atoms with E-state index in [2.05, 4.69) is 4.98 Å². The van der Waals surface area contributed by atoms with Crippen LogP contribution in [0.25, 0.3) is 10.2 Å². The monoisotopic (exact) mass is 352 g/mol. The molecule has 5 nitrogen and oxygen atoms in total. The van der Waals surface area contributed by atoms with Crippen LogP contribution in [0.1, 0.15) is 31.9 Å². The fourth-order valence-electron chi connectivity index (χ4n) is 2.41. The molecular formula is C16H20N2O3S2. The lowest BCUT2D eigenvalue weighted by atomic mass is 10.1. The van der Waals surface area contributed by atoms with Crippen LogP contribution in [-0.4, -0.2) is 44.4 Å². The van der Waals surface area contributed by atoms with Gasteiger partial charge in [0, 0.05) is 5.75 Å². The van der Waals surface area contributed by atoms with Crippen molar-refractivity contribution >= 4 is 39.4 Å². The number of thioether (sulfide) groups is 1.